The molecule has 0 amide bonds. The fourth-order valence-corrected chi connectivity index (χ4v) is 1.80. The number of phenolic OH excluding ortho intramolecular Hbond substituents is 1. The van der Waals surface area contributed by atoms with Crippen LogP contribution in [0.15, 0.2) is 42.5 Å². The number of nitrogens with one attached hydrogen (secondary N) is 1. The lowest BCUT2D eigenvalue weighted by molar-refractivity contribution is 0.415. The fraction of sp³-hybridized carbons (Fsp3) is 0.143. The van der Waals surface area contributed by atoms with Crippen molar-refractivity contribution < 1.29 is 9.84 Å². The van der Waals surface area contributed by atoms with Gasteiger partial charge in [-0.1, -0.05) is 29.8 Å². The molecule has 0 aromatic heterocycles. The van der Waals surface area contributed by atoms with E-state index in [0.29, 0.717) is 11.6 Å². The van der Waals surface area contributed by atoms with Crippen LogP contribution in [0.2, 0.25) is 5.02 Å². The zero-order chi connectivity index (χ0) is 13.0. The van der Waals surface area contributed by atoms with Crippen molar-refractivity contribution in [2.75, 3.05) is 12.4 Å². The molecule has 3 nitrogen and oxygen atoms in total. The van der Waals surface area contributed by atoms with Crippen LogP contribution in [0.3, 0.4) is 0 Å². The van der Waals surface area contributed by atoms with Gasteiger partial charge >= 0.3 is 0 Å². The third-order valence-electron chi connectivity index (χ3n) is 2.63. The molecule has 94 valence electrons. The van der Waals surface area contributed by atoms with E-state index in [1.807, 2.05) is 18.2 Å². The smallest absolute Gasteiger partial charge is 0.121 e. The summed E-state index contributed by atoms with van der Waals surface area (Å²) in [4.78, 5) is 0. The summed E-state index contributed by atoms with van der Waals surface area (Å²) >= 11 is 6.08. The Morgan fingerprint density at radius 1 is 1.22 bits per heavy atom. The summed E-state index contributed by atoms with van der Waals surface area (Å²) in [5, 5.41) is 13.5. The number of ether oxygens (including phenoxy) is 1. The van der Waals surface area contributed by atoms with Crippen LogP contribution >= 0.6 is 11.6 Å². The second-order valence-electron chi connectivity index (χ2n) is 3.83. The number of hydrogen-bond donors (Lipinski definition) is 2. The molecule has 0 heterocycles. The number of para-hydroxylation sites is 1. The molecule has 0 aliphatic rings. The third-order valence-corrected chi connectivity index (χ3v) is 2.96. The molecule has 2 rings (SSSR count). The molecule has 2 aromatic rings. The zero-order valence-electron chi connectivity index (χ0n) is 9.98. The first-order chi connectivity index (χ1) is 8.70. The molecule has 0 fully saturated rings. The number of aromatic hydroxyl groups is 1. The second kappa shape index (κ2) is 5.65. The van der Waals surface area contributed by atoms with Crippen LogP contribution in [0.4, 0.5) is 5.69 Å². The molecule has 0 saturated carbocycles. The van der Waals surface area contributed by atoms with Gasteiger partial charge in [-0.05, 0) is 18.2 Å². The summed E-state index contributed by atoms with van der Waals surface area (Å²) in [5.74, 6) is 1.00. The lowest BCUT2D eigenvalue weighted by atomic mass is 10.2. The Balaban J connectivity index is 2.13. The predicted molar refractivity (Wildman–Crippen MR) is 73.4 cm³/mol. The molecular weight excluding hydrogens is 250 g/mol. The standard InChI is InChI=1S/C14H14ClNO2/c1-18-11-6-7-12(15)13(8-11)16-9-10-4-2-3-5-14(10)17/h2-8,16-17H,9H2,1H3. The van der Waals surface area contributed by atoms with E-state index < -0.39 is 0 Å². The van der Waals surface area contributed by atoms with Crippen molar-refractivity contribution in [2.24, 2.45) is 0 Å². The highest BCUT2D eigenvalue weighted by molar-refractivity contribution is 6.33. The summed E-state index contributed by atoms with van der Waals surface area (Å²) in [6, 6.07) is 12.6. The molecule has 0 radical (unpaired) electrons. The Bertz CT molecular complexity index is 543. The Morgan fingerprint density at radius 2 is 2.00 bits per heavy atom. The van der Waals surface area contributed by atoms with E-state index in [4.69, 9.17) is 16.3 Å². The van der Waals surface area contributed by atoms with Gasteiger partial charge in [0.2, 0.25) is 0 Å². The van der Waals surface area contributed by atoms with Gasteiger partial charge in [0.25, 0.3) is 0 Å². The van der Waals surface area contributed by atoms with Gasteiger partial charge < -0.3 is 15.2 Å². The highest BCUT2D eigenvalue weighted by atomic mass is 35.5. The van der Waals surface area contributed by atoms with Crippen LogP contribution in [0, 0.1) is 0 Å². The van der Waals surface area contributed by atoms with Gasteiger partial charge in [-0.2, -0.15) is 0 Å². The minimum atomic E-state index is 0.268. The lowest BCUT2D eigenvalue weighted by Crippen LogP contribution is -2.00. The summed E-state index contributed by atoms with van der Waals surface area (Å²) in [5.41, 5.74) is 1.59. The van der Waals surface area contributed by atoms with Crippen molar-refractivity contribution in [1.82, 2.24) is 0 Å². The van der Waals surface area contributed by atoms with Crippen molar-refractivity contribution in [1.29, 1.82) is 0 Å². The van der Waals surface area contributed by atoms with Crippen molar-refractivity contribution in [3.05, 3.63) is 53.1 Å². The highest BCUT2D eigenvalue weighted by Gasteiger charge is 2.04. The van der Waals surface area contributed by atoms with Gasteiger partial charge in [-0.25, -0.2) is 0 Å². The number of phenols is 1. The SMILES string of the molecule is COc1ccc(Cl)c(NCc2ccccc2O)c1. The highest BCUT2D eigenvalue weighted by Crippen LogP contribution is 2.27. The van der Waals surface area contributed by atoms with E-state index in [1.165, 1.54) is 0 Å². The van der Waals surface area contributed by atoms with Crippen molar-refractivity contribution in [3.8, 4) is 11.5 Å². The van der Waals surface area contributed by atoms with E-state index in [0.717, 1.165) is 17.0 Å². The Kier molecular flexibility index (Phi) is 3.95. The lowest BCUT2D eigenvalue weighted by Gasteiger charge is -2.11. The molecule has 0 aliphatic heterocycles. The van der Waals surface area contributed by atoms with Crippen LogP contribution in [0.25, 0.3) is 0 Å². The van der Waals surface area contributed by atoms with Gasteiger partial charge in [0, 0.05) is 18.2 Å². The van der Waals surface area contributed by atoms with Crippen molar-refractivity contribution >= 4 is 17.3 Å². The van der Waals surface area contributed by atoms with Crippen LogP contribution in [-0.2, 0) is 6.54 Å². The van der Waals surface area contributed by atoms with Crippen LogP contribution in [0.1, 0.15) is 5.56 Å². The molecule has 18 heavy (non-hydrogen) atoms. The predicted octanol–water partition coefficient (Wildman–Crippen LogP) is 3.67. The van der Waals surface area contributed by atoms with E-state index in [9.17, 15) is 5.11 Å². The van der Waals surface area contributed by atoms with Crippen LogP contribution < -0.4 is 10.1 Å². The van der Waals surface area contributed by atoms with Gasteiger partial charge in [-0.15, -0.1) is 0 Å². The Labute approximate surface area is 111 Å². The first-order valence-electron chi connectivity index (χ1n) is 5.55. The normalized spacial score (nSPS) is 10.1. The quantitative estimate of drug-likeness (QED) is 0.884. The van der Waals surface area contributed by atoms with Gasteiger partial charge in [0.1, 0.15) is 11.5 Å². The number of anilines is 1. The van der Waals surface area contributed by atoms with Crippen molar-refractivity contribution in [2.45, 2.75) is 6.54 Å². The number of benzene rings is 2. The monoisotopic (exact) mass is 263 g/mol. The summed E-state index contributed by atoms with van der Waals surface area (Å²) in [6.45, 7) is 0.500. The molecule has 0 saturated heterocycles. The largest absolute Gasteiger partial charge is 0.508 e. The molecule has 4 heteroatoms. The molecule has 0 atom stereocenters. The molecule has 0 spiro atoms. The van der Waals surface area contributed by atoms with E-state index in [-0.39, 0.29) is 5.75 Å². The van der Waals surface area contributed by atoms with Crippen LogP contribution in [-0.4, -0.2) is 12.2 Å². The molecule has 0 bridgehead atoms. The summed E-state index contributed by atoms with van der Waals surface area (Å²) in [7, 11) is 1.61. The molecule has 2 aromatic carbocycles. The molecule has 0 unspecified atom stereocenters. The van der Waals surface area contributed by atoms with Gasteiger partial charge in [0.05, 0.1) is 17.8 Å². The number of hydrogen-bond acceptors (Lipinski definition) is 3. The average Bonchev–Trinajstić information content (AvgIpc) is 2.39. The maximum atomic E-state index is 9.66. The Hall–Kier alpha value is -1.87. The number of methoxy groups -OCH3 is 1. The van der Waals surface area contributed by atoms with Crippen LogP contribution in [0.5, 0.6) is 11.5 Å². The van der Waals surface area contributed by atoms with Crippen molar-refractivity contribution in [3.63, 3.8) is 0 Å². The fourth-order valence-electron chi connectivity index (χ4n) is 1.62. The minimum absolute atomic E-state index is 0.268. The zero-order valence-corrected chi connectivity index (χ0v) is 10.7. The minimum Gasteiger partial charge on any atom is -0.508 e. The average molecular weight is 264 g/mol. The van der Waals surface area contributed by atoms with E-state index in [2.05, 4.69) is 5.32 Å². The summed E-state index contributed by atoms with van der Waals surface area (Å²) < 4.78 is 5.14. The molecular formula is C14H14ClNO2. The van der Waals surface area contributed by atoms with E-state index >= 15 is 0 Å². The maximum absolute atomic E-state index is 9.66. The summed E-state index contributed by atoms with van der Waals surface area (Å²) in [6.07, 6.45) is 0. The number of halogens is 1. The third kappa shape index (κ3) is 2.87. The topological polar surface area (TPSA) is 41.5 Å². The van der Waals surface area contributed by atoms with Gasteiger partial charge in [0.15, 0.2) is 0 Å². The van der Waals surface area contributed by atoms with E-state index in [1.54, 1.807) is 31.4 Å². The first-order valence-corrected chi connectivity index (χ1v) is 5.93. The number of rotatable bonds is 4. The Morgan fingerprint density at radius 3 is 2.72 bits per heavy atom. The van der Waals surface area contributed by atoms with Gasteiger partial charge in [-0.3, -0.25) is 0 Å². The molecule has 2 N–H and O–H groups in total. The first kappa shape index (κ1) is 12.6. The molecule has 0 aliphatic carbocycles. The maximum Gasteiger partial charge on any atom is 0.121 e. The second-order valence-corrected chi connectivity index (χ2v) is 4.24.